The molecule has 0 radical (unpaired) electrons. The molecule has 7 nitrogen and oxygen atoms in total. The quantitative estimate of drug-likeness (QED) is 0.852. The van der Waals surface area contributed by atoms with Crippen molar-refractivity contribution in [3.63, 3.8) is 0 Å². The van der Waals surface area contributed by atoms with Crippen LogP contribution in [0.3, 0.4) is 0 Å². The molecule has 0 unspecified atom stereocenters. The Labute approximate surface area is 104 Å². The highest BCUT2D eigenvalue weighted by Gasteiger charge is 2.31. The predicted molar refractivity (Wildman–Crippen MR) is 60.0 cm³/mol. The highest BCUT2D eigenvalue weighted by atomic mass is 32.2. The van der Waals surface area contributed by atoms with Gasteiger partial charge >= 0.3 is 5.97 Å². The predicted octanol–water partition coefficient (Wildman–Crippen LogP) is 0.307. The van der Waals surface area contributed by atoms with E-state index in [-0.39, 0.29) is 29.5 Å². The van der Waals surface area contributed by atoms with Crippen molar-refractivity contribution >= 4 is 16.0 Å². The molecule has 2 heterocycles. The van der Waals surface area contributed by atoms with E-state index in [4.69, 9.17) is 14.3 Å². The first-order valence-electron chi connectivity index (χ1n) is 5.34. The first-order chi connectivity index (χ1) is 8.43. The molecule has 1 aromatic rings. The molecule has 1 N–H and O–H groups in total. The molecule has 0 saturated carbocycles. The molecule has 1 saturated heterocycles. The molecule has 0 aromatic carbocycles. The minimum atomic E-state index is -3.71. The minimum Gasteiger partial charge on any atom is -0.475 e. The number of aromatic carboxylic acids is 1. The lowest BCUT2D eigenvalue weighted by molar-refractivity contribution is 0.0661. The van der Waals surface area contributed by atoms with Gasteiger partial charge in [-0.05, 0) is 6.92 Å². The van der Waals surface area contributed by atoms with Gasteiger partial charge in [-0.25, -0.2) is 13.2 Å². The average Bonchev–Trinajstić information content (AvgIpc) is 2.73. The summed E-state index contributed by atoms with van der Waals surface area (Å²) in [6, 6.07) is 1.04. The standard InChI is InChI=1S/C10H13NO6S/c1-7-9(6-8(17-7)10(12)13)18(14,15)11-2-4-16-5-3-11/h6H,2-5H2,1H3,(H,12,13). The summed E-state index contributed by atoms with van der Waals surface area (Å²) in [5, 5.41) is 8.78. The van der Waals surface area contributed by atoms with Crippen LogP contribution in [0.1, 0.15) is 16.3 Å². The van der Waals surface area contributed by atoms with Crippen LogP contribution in [0.4, 0.5) is 0 Å². The lowest BCUT2D eigenvalue weighted by atomic mass is 10.4. The first-order valence-corrected chi connectivity index (χ1v) is 6.78. The Hall–Kier alpha value is -1.38. The second kappa shape index (κ2) is 4.71. The summed E-state index contributed by atoms with van der Waals surface area (Å²) in [5.41, 5.74) is 0. The van der Waals surface area contributed by atoms with E-state index >= 15 is 0 Å². The highest BCUT2D eigenvalue weighted by Crippen LogP contribution is 2.24. The summed E-state index contributed by atoms with van der Waals surface area (Å²) < 4.78 is 35.8. The fourth-order valence-electron chi connectivity index (χ4n) is 1.75. The molecule has 0 amide bonds. The molecule has 0 aliphatic carbocycles. The molecule has 1 aliphatic rings. The number of sulfonamides is 1. The number of carboxylic acid groups (broad SMARTS) is 1. The van der Waals surface area contributed by atoms with Gasteiger partial charge < -0.3 is 14.3 Å². The van der Waals surface area contributed by atoms with Gasteiger partial charge in [-0.2, -0.15) is 4.31 Å². The molecule has 8 heteroatoms. The fourth-order valence-corrected chi connectivity index (χ4v) is 3.32. The molecular formula is C10H13NO6S. The van der Waals surface area contributed by atoms with Crippen LogP contribution < -0.4 is 0 Å². The minimum absolute atomic E-state index is 0.0823. The zero-order valence-corrected chi connectivity index (χ0v) is 10.6. The highest BCUT2D eigenvalue weighted by molar-refractivity contribution is 7.89. The molecule has 1 aliphatic heterocycles. The maximum absolute atomic E-state index is 12.3. The van der Waals surface area contributed by atoms with Crippen molar-refractivity contribution in [2.24, 2.45) is 0 Å². The molecule has 1 fully saturated rings. The number of carbonyl (C=O) groups is 1. The van der Waals surface area contributed by atoms with Gasteiger partial charge in [0.1, 0.15) is 10.7 Å². The van der Waals surface area contributed by atoms with Crippen LogP contribution in [-0.2, 0) is 14.8 Å². The second-order valence-electron chi connectivity index (χ2n) is 3.85. The lowest BCUT2D eigenvalue weighted by Gasteiger charge is -2.25. The van der Waals surface area contributed by atoms with Crippen molar-refractivity contribution in [1.82, 2.24) is 4.31 Å². The van der Waals surface area contributed by atoms with Crippen LogP contribution in [0.2, 0.25) is 0 Å². The number of nitrogens with zero attached hydrogens (tertiary/aromatic N) is 1. The zero-order chi connectivity index (χ0) is 13.3. The largest absolute Gasteiger partial charge is 0.475 e. The molecule has 1 aromatic heterocycles. The Bertz CT molecular complexity index is 555. The Morgan fingerprint density at radius 2 is 2.00 bits per heavy atom. The monoisotopic (exact) mass is 275 g/mol. The average molecular weight is 275 g/mol. The van der Waals surface area contributed by atoms with Crippen molar-refractivity contribution < 1.29 is 27.5 Å². The number of hydrogen-bond donors (Lipinski definition) is 1. The number of hydrogen-bond acceptors (Lipinski definition) is 5. The van der Waals surface area contributed by atoms with Crippen LogP contribution in [0, 0.1) is 6.92 Å². The van der Waals surface area contributed by atoms with Crippen molar-refractivity contribution in [3.05, 3.63) is 17.6 Å². The van der Waals surface area contributed by atoms with Gasteiger partial charge in [0.25, 0.3) is 0 Å². The van der Waals surface area contributed by atoms with E-state index in [1.807, 2.05) is 0 Å². The van der Waals surface area contributed by atoms with Crippen molar-refractivity contribution in [2.45, 2.75) is 11.8 Å². The molecule has 100 valence electrons. The van der Waals surface area contributed by atoms with Crippen molar-refractivity contribution in [1.29, 1.82) is 0 Å². The van der Waals surface area contributed by atoms with E-state index in [0.717, 1.165) is 6.07 Å². The summed E-state index contributed by atoms with van der Waals surface area (Å²) in [6.45, 7) is 2.62. The molecule has 2 rings (SSSR count). The number of aryl methyl sites for hydroxylation is 1. The second-order valence-corrected chi connectivity index (χ2v) is 5.76. The number of morpholine rings is 1. The van der Waals surface area contributed by atoms with Gasteiger partial charge in [-0.3, -0.25) is 0 Å². The molecule has 0 bridgehead atoms. The Kier molecular flexibility index (Phi) is 3.42. The summed E-state index contributed by atoms with van der Waals surface area (Å²) in [7, 11) is -3.71. The van der Waals surface area contributed by atoms with E-state index in [1.54, 1.807) is 0 Å². The number of carboxylic acids is 1. The molecule has 0 spiro atoms. The van der Waals surface area contributed by atoms with Gasteiger partial charge in [0.15, 0.2) is 0 Å². The number of rotatable bonds is 3. The van der Waals surface area contributed by atoms with E-state index in [0.29, 0.717) is 13.2 Å². The van der Waals surface area contributed by atoms with Gasteiger partial charge in [0.2, 0.25) is 15.8 Å². The molecule has 18 heavy (non-hydrogen) atoms. The molecular weight excluding hydrogens is 262 g/mol. The number of furan rings is 1. The Balaban J connectivity index is 2.37. The number of ether oxygens (including phenoxy) is 1. The van der Waals surface area contributed by atoms with Crippen LogP contribution in [0.15, 0.2) is 15.4 Å². The van der Waals surface area contributed by atoms with E-state index in [1.165, 1.54) is 11.2 Å². The third kappa shape index (κ3) is 2.26. The molecule has 0 atom stereocenters. The van der Waals surface area contributed by atoms with E-state index in [2.05, 4.69) is 0 Å². The maximum atomic E-state index is 12.3. The summed E-state index contributed by atoms with van der Waals surface area (Å²) in [5.74, 6) is -1.58. The summed E-state index contributed by atoms with van der Waals surface area (Å²) >= 11 is 0. The van der Waals surface area contributed by atoms with Gasteiger partial charge in [0.05, 0.1) is 13.2 Å². The third-order valence-corrected chi connectivity index (χ3v) is 4.68. The van der Waals surface area contributed by atoms with Crippen LogP contribution in [0.25, 0.3) is 0 Å². The Morgan fingerprint density at radius 3 is 2.50 bits per heavy atom. The first kappa shape index (κ1) is 13.1. The SMILES string of the molecule is Cc1oc(C(=O)O)cc1S(=O)(=O)N1CCOCC1. The smallest absolute Gasteiger partial charge is 0.371 e. The summed E-state index contributed by atoms with van der Waals surface area (Å²) in [6.07, 6.45) is 0. The van der Waals surface area contributed by atoms with Gasteiger partial charge in [-0.15, -0.1) is 0 Å². The van der Waals surface area contributed by atoms with Crippen LogP contribution >= 0.6 is 0 Å². The van der Waals surface area contributed by atoms with Gasteiger partial charge in [0, 0.05) is 19.2 Å². The normalized spacial score (nSPS) is 17.8. The zero-order valence-electron chi connectivity index (χ0n) is 9.75. The van der Waals surface area contributed by atoms with Gasteiger partial charge in [-0.1, -0.05) is 0 Å². The van der Waals surface area contributed by atoms with Crippen LogP contribution in [-0.4, -0.2) is 50.1 Å². The van der Waals surface area contributed by atoms with Crippen molar-refractivity contribution in [3.8, 4) is 0 Å². The third-order valence-electron chi connectivity index (χ3n) is 2.67. The van der Waals surface area contributed by atoms with E-state index < -0.39 is 16.0 Å². The maximum Gasteiger partial charge on any atom is 0.371 e. The summed E-state index contributed by atoms with van der Waals surface area (Å²) in [4.78, 5) is 10.7. The van der Waals surface area contributed by atoms with E-state index in [9.17, 15) is 13.2 Å². The topological polar surface area (TPSA) is 97.0 Å². The lowest BCUT2D eigenvalue weighted by Crippen LogP contribution is -2.40. The fraction of sp³-hybridized carbons (Fsp3) is 0.500. The Morgan fingerprint density at radius 1 is 1.39 bits per heavy atom. The van der Waals surface area contributed by atoms with Crippen LogP contribution in [0.5, 0.6) is 0 Å². The van der Waals surface area contributed by atoms with Crippen molar-refractivity contribution in [2.75, 3.05) is 26.3 Å².